The van der Waals surface area contributed by atoms with Gasteiger partial charge in [-0.2, -0.15) is 0 Å². The van der Waals surface area contributed by atoms with Gasteiger partial charge in [-0.25, -0.2) is 0 Å². The van der Waals surface area contributed by atoms with E-state index in [4.69, 9.17) is 10.5 Å². The number of carbonyl (C=O) groups excluding carboxylic acids is 2. The maximum Gasteiger partial charge on any atom is 0.249 e. The van der Waals surface area contributed by atoms with E-state index in [9.17, 15) is 9.59 Å². The Bertz CT molecular complexity index is 1270. The molecule has 3 N–H and O–H groups in total. The van der Waals surface area contributed by atoms with Gasteiger partial charge in [0.1, 0.15) is 0 Å². The summed E-state index contributed by atoms with van der Waals surface area (Å²) in [6.07, 6.45) is 0. The Morgan fingerprint density at radius 2 is 1.93 bits per heavy atom. The fourth-order valence-electron chi connectivity index (χ4n) is 3.86. The minimum atomic E-state index is -0.479. The molecule has 6 nitrogen and oxygen atoms in total. The molecule has 0 saturated carbocycles. The molecule has 0 spiro atoms. The summed E-state index contributed by atoms with van der Waals surface area (Å²) in [5.74, 6) is -0.607. The lowest BCUT2D eigenvalue weighted by Gasteiger charge is -2.13. The van der Waals surface area contributed by atoms with E-state index < -0.39 is 5.91 Å². The number of para-hydroxylation sites is 1. The standard InChI is InChI=1S/C24H22N3O3/c1-15(28)26-20-8-4-3-6-17(20)13-27-21-9-5-7-19(24(25)29)23(21)18-11-10-16(14-30-2)12-22(18)27/h3-10,12H,13-14H2,1-2H3,(H2,25,29)(H,26,28). The Hall–Kier alpha value is -3.64. The molecule has 151 valence electrons. The van der Waals surface area contributed by atoms with Gasteiger partial charge in [-0.3, -0.25) is 9.59 Å². The molecule has 1 heterocycles. The molecule has 0 aliphatic carbocycles. The number of carbonyl (C=O) groups is 2. The van der Waals surface area contributed by atoms with E-state index in [0.29, 0.717) is 18.7 Å². The number of hydrogen-bond donors (Lipinski definition) is 2. The highest BCUT2D eigenvalue weighted by atomic mass is 16.5. The van der Waals surface area contributed by atoms with Crippen molar-refractivity contribution in [3.63, 3.8) is 0 Å². The molecule has 4 aromatic rings. The molecule has 0 atom stereocenters. The van der Waals surface area contributed by atoms with Gasteiger partial charge in [0.05, 0.1) is 24.2 Å². The second kappa shape index (κ2) is 8.00. The predicted octanol–water partition coefficient (Wildman–Crippen LogP) is 3.85. The Morgan fingerprint density at radius 1 is 1.13 bits per heavy atom. The lowest BCUT2D eigenvalue weighted by molar-refractivity contribution is -0.114. The Balaban J connectivity index is 1.98. The Kier molecular flexibility index (Phi) is 5.25. The SMILES string of the molecule is COCc1c[c]c2c3c(C(N)=O)cccc3n(Cc3ccccc3NC(C)=O)c2c1. The number of nitrogens with one attached hydrogen (secondary N) is 1. The largest absolute Gasteiger partial charge is 0.380 e. The molecule has 0 unspecified atom stereocenters. The molecule has 0 fully saturated rings. The third-order valence-electron chi connectivity index (χ3n) is 5.09. The third kappa shape index (κ3) is 3.53. The summed E-state index contributed by atoms with van der Waals surface area (Å²) in [4.78, 5) is 23.7. The van der Waals surface area contributed by atoms with E-state index in [1.807, 2.05) is 48.5 Å². The highest BCUT2D eigenvalue weighted by Gasteiger charge is 2.18. The van der Waals surface area contributed by atoms with Crippen LogP contribution in [0.15, 0.2) is 54.6 Å². The maximum absolute atomic E-state index is 12.1. The summed E-state index contributed by atoms with van der Waals surface area (Å²) in [6, 6.07) is 20.4. The molecule has 1 radical (unpaired) electrons. The van der Waals surface area contributed by atoms with Crippen molar-refractivity contribution >= 4 is 39.3 Å². The zero-order valence-electron chi connectivity index (χ0n) is 16.9. The molecular formula is C24H22N3O3. The quantitative estimate of drug-likeness (QED) is 0.515. The minimum absolute atomic E-state index is 0.128. The van der Waals surface area contributed by atoms with Crippen molar-refractivity contribution in [2.75, 3.05) is 12.4 Å². The molecule has 2 amide bonds. The maximum atomic E-state index is 12.1. The number of ether oxygens (including phenoxy) is 1. The number of fused-ring (bicyclic) bond motifs is 3. The molecule has 6 heteroatoms. The van der Waals surface area contributed by atoms with Crippen molar-refractivity contribution < 1.29 is 14.3 Å². The van der Waals surface area contributed by atoms with Crippen molar-refractivity contribution in [1.82, 2.24) is 4.57 Å². The number of nitrogens with zero attached hydrogens (tertiary/aromatic N) is 1. The molecule has 3 aromatic carbocycles. The lowest BCUT2D eigenvalue weighted by atomic mass is 10.0. The van der Waals surface area contributed by atoms with Crippen molar-refractivity contribution in [2.45, 2.75) is 20.1 Å². The summed E-state index contributed by atoms with van der Waals surface area (Å²) >= 11 is 0. The van der Waals surface area contributed by atoms with Crippen molar-refractivity contribution in [3.05, 3.63) is 77.4 Å². The fraction of sp³-hybridized carbons (Fsp3) is 0.167. The van der Waals surface area contributed by atoms with Gasteiger partial charge in [0.15, 0.2) is 0 Å². The first-order valence-corrected chi connectivity index (χ1v) is 9.59. The summed E-state index contributed by atoms with van der Waals surface area (Å²) in [5, 5.41) is 4.50. The first-order chi connectivity index (χ1) is 14.5. The molecular weight excluding hydrogens is 378 g/mol. The normalized spacial score (nSPS) is 11.1. The second-order valence-corrected chi connectivity index (χ2v) is 7.19. The van der Waals surface area contributed by atoms with Crippen LogP contribution in [0.5, 0.6) is 0 Å². The first-order valence-electron chi connectivity index (χ1n) is 9.59. The second-order valence-electron chi connectivity index (χ2n) is 7.19. The number of amides is 2. The average molecular weight is 400 g/mol. The summed E-state index contributed by atoms with van der Waals surface area (Å²) in [5.41, 5.74) is 10.6. The van der Waals surface area contributed by atoms with Crippen molar-refractivity contribution in [2.24, 2.45) is 5.73 Å². The monoisotopic (exact) mass is 400 g/mol. The van der Waals surface area contributed by atoms with Crippen LogP contribution >= 0.6 is 0 Å². The topological polar surface area (TPSA) is 86.3 Å². The van der Waals surface area contributed by atoms with E-state index in [2.05, 4.69) is 16.0 Å². The zero-order valence-corrected chi connectivity index (χ0v) is 16.9. The first kappa shape index (κ1) is 19.7. The van der Waals surface area contributed by atoms with Crippen molar-refractivity contribution in [3.8, 4) is 0 Å². The van der Waals surface area contributed by atoms with Crippen LogP contribution in [0, 0.1) is 6.07 Å². The van der Waals surface area contributed by atoms with E-state index in [1.165, 1.54) is 6.92 Å². The highest BCUT2D eigenvalue weighted by Crippen LogP contribution is 2.33. The fourth-order valence-corrected chi connectivity index (χ4v) is 3.86. The predicted molar refractivity (Wildman–Crippen MR) is 117 cm³/mol. The molecule has 4 rings (SSSR count). The van der Waals surface area contributed by atoms with Crippen LogP contribution in [0.2, 0.25) is 0 Å². The smallest absolute Gasteiger partial charge is 0.249 e. The molecule has 1 aromatic heterocycles. The van der Waals surface area contributed by atoms with Crippen LogP contribution in [0.25, 0.3) is 21.8 Å². The molecule has 0 aliphatic heterocycles. The van der Waals surface area contributed by atoms with Crippen LogP contribution in [-0.4, -0.2) is 23.5 Å². The zero-order chi connectivity index (χ0) is 21.3. The summed E-state index contributed by atoms with van der Waals surface area (Å²) in [6.45, 7) is 2.45. The summed E-state index contributed by atoms with van der Waals surface area (Å²) < 4.78 is 7.40. The number of methoxy groups -OCH3 is 1. The van der Waals surface area contributed by atoms with Gasteiger partial charge in [0, 0.05) is 36.1 Å². The number of benzene rings is 3. The third-order valence-corrected chi connectivity index (χ3v) is 5.09. The van der Waals surface area contributed by atoms with Gasteiger partial charge >= 0.3 is 0 Å². The van der Waals surface area contributed by atoms with Gasteiger partial charge in [0.2, 0.25) is 11.8 Å². The van der Waals surface area contributed by atoms with Crippen molar-refractivity contribution in [1.29, 1.82) is 0 Å². The minimum Gasteiger partial charge on any atom is -0.380 e. The lowest BCUT2D eigenvalue weighted by Crippen LogP contribution is -2.11. The van der Waals surface area contributed by atoms with Gasteiger partial charge in [-0.1, -0.05) is 24.3 Å². The van der Waals surface area contributed by atoms with Crippen LogP contribution in [0.1, 0.15) is 28.4 Å². The number of primary amides is 1. The van der Waals surface area contributed by atoms with E-state index in [-0.39, 0.29) is 5.91 Å². The Morgan fingerprint density at radius 3 is 2.67 bits per heavy atom. The molecule has 30 heavy (non-hydrogen) atoms. The average Bonchev–Trinajstić information content (AvgIpc) is 3.02. The van der Waals surface area contributed by atoms with Gasteiger partial charge < -0.3 is 20.4 Å². The molecule has 0 bridgehead atoms. The van der Waals surface area contributed by atoms with Crippen LogP contribution < -0.4 is 11.1 Å². The van der Waals surface area contributed by atoms with Crippen LogP contribution in [0.3, 0.4) is 0 Å². The number of rotatable bonds is 6. The van der Waals surface area contributed by atoms with Crippen LogP contribution in [-0.2, 0) is 22.7 Å². The number of anilines is 1. The van der Waals surface area contributed by atoms with Gasteiger partial charge in [0.25, 0.3) is 0 Å². The van der Waals surface area contributed by atoms with Crippen LogP contribution in [0.4, 0.5) is 5.69 Å². The Labute approximate surface area is 174 Å². The van der Waals surface area contributed by atoms with E-state index >= 15 is 0 Å². The van der Waals surface area contributed by atoms with Gasteiger partial charge in [-0.05, 0) is 47.5 Å². The molecule has 0 saturated heterocycles. The number of nitrogens with two attached hydrogens (primary N) is 1. The van der Waals surface area contributed by atoms with E-state index in [1.54, 1.807) is 13.2 Å². The number of hydrogen-bond acceptors (Lipinski definition) is 3. The summed E-state index contributed by atoms with van der Waals surface area (Å²) in [7, 11) is 1.65. The molecule has 0 aliphatic rings. The van der Waals surface area contributed by atoms with Gasteiger partial charge in [-0.15, -0.1) is 0 Å². The highest BCUT2D eigenvalue weighted by molar-refractivity contribution is 6.17. The van der Waals surface area contributed by atoms with E-state index in [0.717, 1.165) is 38.6 Å². The number of aromatic nitrogens is 1.